The number of pyridine rings is 1. The molecule has 0 spiro atoms. The normalized spacial score (nSPS) is 10.1. The van der Waals surface area contributed by atoms with E-state index in [1.807, 2.05) is 0 Å². The van der Waals surface area contributed by atoms with Gasteiger partial charge < -0.3 is 4.74 Å². The van der Waals surface area contributed by atoms with Crippen LogP contribution in [0.1, 0.15) is 10.4 Å². The molecule has 0 fully saturated rings. The molecule has 1 heterocycles. The number of aldehydes is 1. The van der Waals surface area contributed by atoms with Crippen LogP contribution in [0.3, 0.4) is 0 Å². The van der Waals surface area contributed by atoms with Crippen molar-refractivity contribution in [1.82, 2.24) is 4.98 Å². The molecule has 0 aliphatic heterocycles. The van der Waals surface area contributed by atoms with Gasteiger partial charge in [0.2, 0.25) is 5.75 Å². The number of nitro groups is 1. The number of carbonyl (C=O) groups is 1. The molecule has 6 nitrogen and oxygen atoms in total. The second kappa shape index (κ2) is 5.74. The van der Waals surface area contributed by atoms with Gasteiger partial charge in [-0.2, -0.15) is 0 Å². The molecule has 0 atom stereocenters. The summed E-state index contributed by atoms with van der Waals surface area (Å²) in [4.78, 5) is 24.6. The highest BCUT2D eigenvalue weighted by Gasteiger charge is 2.19. The molecule has 1 aromatic carbocycles. The lowest BCUT2D eigenvalue weighted by Gasteiger charge is -2.07. The van der Waals surface area contributed by atoms with E-state index in [4.69, 9.17) is 4.74 Å². The van der Waals surface area contributed by atoms with Crippen LogP contribution in [0, 0.1) is 15.9 Å². The minimum Gasteiger partial charge on any atom is -0.448 e. The maximum atomic E-state index is 13.4. The van der Waals surface area contributed by atoms with Crippen molar-refractivity contribution in [3.63, 3.8) is 0 Å². The summed E-state index contributed by atoms with van der Waals surface area (Å²) in [6, 6.07) is 3.22. The molecule has 102 valence electrons. The van der Waals surface area contributed by atoms with Crippen LogP contribution in [-0.4, -0.2) is 16.2 Å². The van der Waals surface area contributed by atoms with Crippen molar-refractivity contribution in [3.05, 3.63) is 56.6 Å². The Hall–Kier alpha value is -2.35. The van der Waals surface area contributed by atoms with Crippen LogP contribution >= 0.6 is 15.9 Å². The van der Waals surface area contributed by atoms with Gasteiger partial charge in [-0.3, -0.25) is 19.9 Å². The Balaban J connectivity index is 2.44. The molecule has 0 saturated heterocycles. The largest absolute Gasteiger partial charge is 0.448 e. The topological polar surface area (TPSA) is 82.3 Å². The highest BCUT2D eigenvalue weighted by atomic mass is 79.9. The predicted octanol–water partition coefficient (Wildman–Crippen LogP) is 3.50. The Morgan fingerprint density at radius 1 is 1.35 bits per heavy atom. The van der Waals surface area contributed by atoms with Crippen LogP contribution in [0.4, 0.5) is 10.1 Å². The fourth-order valence-corrected chi connectivity index (χ4v) is 1.76. The van der Waals surface area contributed by atoms with Crippen LogP contribution in [0.25, 0.3) is 0 Å². The van der Waals surface area contributed by atoms with E-state index in [1.54, 1.807) is 0 Å². The van der Waals surface area contributed by atoms with E-state index in [0.717, 1.165) is 12.1 Å². The van der Waals surface area contributed by atoms with Gasteiger partial charge in [0.1, 0.15) is 11.6 Å². The molecule has 0 aliphatic rings. The van der Waals surface area contributed by atoms with Gasteiger partial charge in [0.15, 0.2) is 6.29 Å². The van der Waals surface area contributed by atoms with E-state index < -0.39 is 16.4 Å². The Morgan fingerprint density at radius 2 is 2.10 bits per heavy atom. The molecule has 0 bridgehead atoms. The molecule has 1 aromatic heterocycles. The number of halogens is 2. The summed E-state index contributed by atoms with van der Waals surface area (Å²) in [6.45, 7) is 0. The number of benzene rings is 1. The zero-order valence-electron chi connectivity index (χ0n) is 9.75. The Morgan fingerprint density at radius 3 is 2.75 bits per heavy atom. The first-order chi connectivity index (χ1) is 9.51. The highest BCUT2D eigenvalue weighted by Crippen LogP contribution is 2.35. The van der Waals surface area contributed by atoms with Crippen LogP contribution in [0.2, 0.25) is 0 Å². The van der Waals surface area contributed by atoms with Crippen LogP contribution < -0.4 is 4.74 Å². The standard InChI is InChI=1S/C12H6BrFN2O4/c13-9-2-11(16(18)19)12(3-10(9)14)20-8-1-7(6-17)4-15-5-8/h1-6H. The van der Waals surface area contributed by atoms with Crippen molar-refractivity contribution in [1.29, 1.82) is 0 Å². The van der Waals surface area contributed by atoms with E-state index in [0.29, 0.717) is 6.29 Å². The molecule has 0 aliphatic carbocycles. The monoisotopic (exact) mass is 340 g/mol. The van der Waals surface area contributed by atoms with E-state index in [9.17, 15) is 19.3 Å². The summed E-state index contributed by atoms with van der Waals surface area (Å²) in [5.74, 6) is -0.884. The van der Waals surface area contributed by atoms with Gasteiger partial charge in [-0.1, -0.05) is 0 Å². The molecule has 0 saturated carbocycles. The molecular formula is C12H6BrFN2O4. The van der Waals surface area contributed by atoms with Crippen molar-refractivity contribution in [2.75, 3.05) is 0 Å². The lowest BCUT2D eigenvalue weighted by atomic mass is 10.2. The second-order valence-electron chi connectivity index (χ2n) is 3.67. The average Bonchev–Trinajstić information content (AvgIpc) is 2.42. The van der Waals surface area contributed by atoms with Gasteiger partial charge in [0, 0.05) is 23.9 Å². The molecule has 20 heavy (non-hydrogen) atoms. The summed E-state index contributed by atoms with van der Waals surface area (Å²) in [5.41, 5.74) is -0.169. The Kier molecular flexibility index (Phi) is 4.04. The smallest absolute Gasteiger partial charge is 0.312 e. The van der Waals surface area contributed by atoms with Gasteiger partial charge >= 0.3 is 5.69 Å². The predicted molar refractivity (Wildman–Crippen MR) is 70.5 cm³/mol. The number of rotatable bonds is 4. The fraction of sp³-hybridized carbons (Fsp3) is 0. The number of nitrogens with zero attached hydrogens (tertiary/aromatic N) is 2. The van der Waals surface area contributed by atoms with Crippen molar-refractivity contribution in [3.8, 4) is 11.5 Å². The highest BCUT2D eigenvalue weighted by molar-refractivity contribution is 9.10. The quantitative estimate of drug-likeness (QED) is 0.483. The third-order valence-electron chi connectivity index (χ3n) is 2.30. The first-order valence-corrected chi connectivity index (χ1v) is 6.02. The Labute approximate surface area is 120 Å². The molecule has 0 radical (unpaired) electrons. The summed E-state index contributed by atoms with van der Waals surface area (Å²) in [6.07, 6.45) is 3.11. The van der Waals surface area contributed by atoms with Crippen LogP contribution in [0.15, 0.2) is 35.1 Å². The third kappa shape index (κ3) is 2.97. The van der Waals surface area contributed by atoms with Crippen molar-refractivity contribution >= 4 is 27.9 Å². The average molecular weight is 341 g/mol. The zero-order chi connectivity index (χ0) is 14.7. The van der Waals surface area contributed by atoms with E-state index >= 15 is 0 Å². The maximum Gasteiger partial charge on any atom is 0.312 e. The second-order valence-corrected chi connectivity index (χ2v) is 4.52. The summed E-state index contributed by atoms with van der Waals surface area (Å²) >= 11 is 2.86. The van der Waals surface area contributed by atoms with E-state index in [-0.39, 0.29) is 21.5 Å². The lowest BCUT2D eigenvalue weighted by molar-refractivity contribution is -0.385. The molecule has 2 rings (SSSR count). The minimum absolute atomic E-state index is 0.0451. The number of carbonyl (C=O) groups excluding carboxylic acids is 1. The summed E-state index contributed by atoms with van der Waals surface area (Å²) in [7, 11) is 0. The van der Waals surface area contributed by atoms with Gasteiger partial charge in [0.25, 0.3) is 0 Å². The first kappa shape index (κ1) is 14.1. The number of hydrogen-bond donors (Lipinski definition) is 0. The van der Waals surface area contributed by atoms with Crippen molar-refractivity contribution in [2.45, 2.75) is 0 Å². The van der Waals surface area contributed by atoms with Gasteiger partial charge in [0.05, 0.1) is 15.6 Å². The molecule has 0 unspecified atom stereocenters. The molecule has 2 aromatic rings. The van der Waals surface area contributed by atoms with Crippen LogP contribution in [0.5, 0.6) is 11.5 Å². The van der Waals surface area contributed by atoms with Crippen LogP contribution in [-0.2, 0) is 0 Å². The number of hydrogen-bond acceptors (Lipinski definition) is 5. The van der Waals surface area contributed by atoms with Gasteiger partial charge in [-0.05, 0) is 22.0 Å². The molecular weight excluding hydrogens is 335 g/mol. The SMILES string of the molecule is O=Cc1cncc(Oc2cc(F)c(Br)cc2[N+](=O)[O-])c1. The third-order valence-corrected chi connectivity index (χ3v) is 2.90. The number of nitro benzene ring substituents is 1. The maximum absolute atomic E-state index is 13.4. The first-order valence-electron chi connectivity index (χ1n) is 5.23. The van der Waals surface area contributed by atoms with E-state index in [2.05, 4.69) is 20.9 Å². The fourth-order valence-electron chi connectivity index (χ4n) is 1.43. The van der Waals surface area contributed by atoms with E-state index in [1.165, 1.54) is 18.5 Å². The minimum atomic E-state index is -0.704. The van der Waals surface area contributed by atoms with Gasteiger partial charge in [-0.15, -0.1) is 0 Å². The summed E-state index contributed by atoms with van der Waals surface area (Å²) in [5, 5.41) is 10.9. The zero-order valence-corrected chi connectivity index (χ0v) is 11.3. The number of ether oxygens (including phenoxy) is 1. The van der Waals surface area contributed by atoms with Crippen molar-refractivity contribution < 1.29 is 18.8 Å². The number of aromatic nitrogens is 1. The molecule has 8 heteroatoms. The lowest BCUT2D eigenvalue weighted by Crippen LogP contribution is -1.96. The Bertz CT molecular complexity index is 693. The van der Waals surface area contributed by atoms with Crippen molar-refractivity contribution in [2.24, 2.45) is 0 Å². The molecule has 0 N–H and O–H groups in total. The van der Waals surface area contributed by atoms with Gasteiger partial charge in [-0.25, -0.2) is 4.39 Å². The summed E-state index contributed by atoms with van der Waals surface area (Å²) < 4.78 is 18.6. The molecule has 0 amide bonds.